The van der Waals surface area contributed by atoms with Crippen molar-refractivity contribution in [2.24, 2.45) is 0 Å². The van der Waals surface area contributed by atoms with Gasteiger partial charge >= 0.3 is 18.0 Å². The van der Waals surface area contributed by atoms with Crippen LogP contribution >= 0.6 is 11.3 Å². The zero-order valence-electron chi connectivity index (χ0n) is 11.8. The maximum absolute atomic E-state index is 11.9. The molecule has 8 heteroatoms. The van der Waals surface area contributed by atoms with Crippen molar-refractivity contribution in [3.8, 4) is 0 Å². The SMILES string of the molecule is Cc1ccc(CC(C)NC(=O)N(CC(=O)O)CC(=O)O)s1. The van der Waals surface area contributed by atoms with Crippen LogP contribution in [0.2, 0.25) is 0 Å². The average molecular weight is 314 g/mol. The number of carbonyl (C=O) groups is 3. The van der Waals surface area contributed by atoms with Crippen LogP contribution in [-0.4, -0.2) is 52.2 Å². The third-order valence-corrected chi connectivity index (χ3v) is 3.64. The molecule has 0 aliphatic carbocycles. The van der Waals surface area contributed by atoms with E-state index in [1.165, 1.54) is 4.88 Å². The van der Waals surface area contributed by atoms with Gasteiger partial charge in [-0.3, -0.25) is 9.59 Å². The standard InChI is InChI=1S/C13H18N2O5S/c1-8(5-10-4-3-9(2)21-10)14-13(20)15(6-11(16)17)7-12(18)19/h3-4,8H,5-7H2,1-2H3,(H,14,20)(H,16,17)(H,18,19). The number of amides is 2. The quantitative estimate of drug-likeness (QED) is 0.700. The molecule has 0 aliphatic heterocycles. The highest BCUT2D eigenvalue weighted by Crippen LogP contribution is 2.16. The molecule has 1 aromatic rings. The monoisotopic (exact) mass is 314 g/mol. The Hall–Kier alpha value is -2.09. The van der Waals surface area contributed by atoms with Crippen molar-refractivity contribution in [3.63, 3.8) is 0 Å². The lowest BCUT2D eigenvalue weighted by Crippen LogP contribution is -2.48. The van der Waals surface area contributed by atoms with Crippen LogP contribution in [0.1, 0.15) is 16.7 Å². The molecule has 1 unspecified atom stereocenters. The van der Waals surface area contributed by atoms with E-state index in [1.807, 2.05) is 19.1 Å². The molecular formula is C13H18N2O5S. The first-order valence-corrected chi connectivity index (χ1v) is 7.14. The zero-order chi connectivity index (χ0) is 16.0. The molecule has 3 N–H and O–H groups in total. The molecule has 0 bridgehead atoms. The van der Waals surface area contributed by atoms with E-state index in [0.29, 0.717) is 6.42 Å². The number of thiophene rings is 1. The molecule has 0 aromatic carbocycles. The minimum Gasteiger partial charge on any atom is -0.480 e. The third kappa shape index (κ3) is 6.26. The van der Waals surface area contributed by atoms with Crippen molar-refractivity contribution < 1.29 is 24.6 Å². The van der Waals surface area contributed by atoms with Gasteiger partial charge in [-0.05, 0) is 26.0 Å². The van der Waals surface area contributed by atoms with E-state index in [-0.39, 0.29) is 6.04 Å². The molecule has 0 aliphatic rings. The van der Waals surface area contributed by atoms with Gasteiger partial charge in [0.2, 0.25) is 0 Å². The van der Waals surface area contributed by atoms with Crippen LogP contribution in [0.3, 0.4) is 0 Å². The molecule has 0 spiro atoms. The van der Waals surface area contributed by atoms with Crippen molar-refractivity contribution >= 4 is 29.3 Å². The van der Waals surface area contributed by atoms with Crippen LogP contribution in [0.4, 0.5) is 4.79 Å². The molecule has 0 fully saturated rings. The number of hydrogen-bond acceptors (Lipinski definition) is 4. The van der Waals surface area contributed by atoms with Crippen LogP contribution in [0.25, 0.3) is 0 Å². The molecule has 0 radical (unpaired) electrons. The molecule has 1 rings (SSSR count). The molecular weight excluding hydrogens is 296 g/mol. The predicted octanol–water partition coefficient (Wildman–Crippen LogP) is 1.17. The van der Waals surface area contributed by atoms with Crippen LogP contribution in [0.5, 0.6) is 0 Å². The fourth-order valence-corrected chi connectivity index (χ4v) is 2.79. The number of hydrogen-bond donors (Lipinski definition) is 3. The number of carboxylic acids is 2. The van der Waals surface area contributed by atoms with E-state index < -0.39 is 31.1 Å². The summed E-state index contributed by atoms with van der Waals surface area (Å²) < 4.78 is 0. The van der Waals surface area contributed by atoms with Crippen molar-refractivity contribution in [2.75, 3.05) is 13.1 Å². The second-order valence-corrected chi connectivity index (χ2v) is 6.08. The lowest BCUT2D eigenvalue weighted by atomic mass is 10.2. The van der Waals surface area contributed by atoms with Crippen LogP contribution in [0, 0.1) is 6.92 Å². The van der Waals surface area contributed by atoms with Crippen molar-refractivity contribution in [3.05, 3.63) is 21.9 Å². The van der Waals surface area contributed by atoms with Gasteiger partial charge in [-0.25, -0.2) is 4.79 Å². The first-order chi connectivity index (χ1) is 9.77. The summed E-state index contributed by atoms with van der Waals surface area (Å²) in [5.74, 6) is -2.51. The number of carboxylic acid groups (broad SMARTS) is 2. The van der Waals surface area contributed by atoms with E-state index in [1.54, 1.807) is 18.3 Å². The van der Waals surface area contributed by atoms with Crippen molar-refractivity contribution in [2.45, 2.75) is 26.3 Å². The Kier molecular flexibility index (Phi) is 6.16. The summed E-state index contributed by atoms with van der Waals surface area (Å²) in [6, 6.07) is 3.03. The molecule has 0 saturated heterocycles. The highest BCUT2D eigenvalue weighted by molar-refractivity contribution is 7.11. The van der Waals surface area contributed by atoms with Crippen LogP contribution < -0.4 is 5.32 Å². The third-order valence-electron chi connectivity index (χ3n) is 2.61. The number of aryl methyl sites for hydroxylation is 1. The van der Waals surface area contributed by atoms with Gasteiger partial charge in [0.25, 0.3) is 0 Å². The van der Waals surface area contributed by atoms with Gasteiger partial charge < -0.3 is 20.4 Å². The summed E-state index contributed by atoms with van der Waals surface area (Å²) in [5.41, 5.74) is 0. The Bertz CT molecular complexity index is 512. The summed E-state index contributed by atoms with van der Waals surface area (Å²) in [5, 5.41) is 20.0. The van der Waals surface area contributed by atoms with E-state index in [9.17, 15) is 14.4 Å². The molecule has 7 nitrogen and oxygen atoms in total. The summed E-state index contributed by atoms with van der Waals surface area (Å²) in [6.45, 7) is 2.47. The Balaban J connectivity index is 2.58. The van der Waals surface area contributed by atoms with E-state index in [0.717, 1.165) is 9.78 Å². The lowest BCUT2D eigenvalue weighted by molar-refractivity contribution is -0.140. The number of aliphatic carboxylic acids is 2. The first-order valence-electron chi connectivity index (χ1n) is 6.32. The maximum atomic E-state index is 11.9. The minimum atomic E-state index is -1.26. The van der Waals surface area contributed by atoms with E-state index in [4.69, 9.17) is 10.2 Å². The lowest BCUT2D eigenvalue weighted by Gasteiger charge is -2.22. The molecule has 1 atom stereocenters. The maximum Gasteiger partial charge on any atom is 0.323 e. The highest BCUT2D eigenvalue weighted by Gasteiger charge is 2.21. The summed E-state index contributed by atoms with van der Waals surface area (Å²) in [4.78, 5) is 36.3. The van der Waals surface area contributed by atoms with Crippen molar-refractivity contribution in [1.82, 2.24) is 10.2 Å². The molecule has 0 saturated carbocycles. The van der Waals surface area contributed by atoms with Gasteiger partial charge in [0.15, 0.2) is 0 Å². The van der Waals surface area contributed by atoms with Crippen molar-refractivity contribution in [1.29, 1.82) is 0 Å². The zero-order valence-corrected chi connectivity index (χ0v) is 12.6. The largest absolute Gasteiger partial charge is 0.480 e. The fraction of sp³-hybridized carbons (Fsp3) is 0.462. The predicted molar refractivity (Wildman–Crippen MR) is 77.6 cm³/mol. The number of urea groups is 1. The average Bonchev–Trinajstić information content (AvgIpc) is 2.72. The Morgan fingerprint density at radius 2 is 1.81 bits per heavy atom. The van der Waals surface area contributed by atoms with E-state index in [2.05, 4.69) is 5.32 Å². The Morgan fingerprint density at radius 1 is 1.24 bits per heavy atom. The van der Waals surface area contributed by atoms with E-state index >= 15 is 0 Å². The summed E-state index contributed by atoms with van der Waals surface area (Å²) in [7, 11) is 0. The van der Waals surface area contributed by atoms with Gasteiger partial charge in [0.1, 0.15) is 13.1 Å². The topological polar surface area (TPSA) is 107 Å². The number of nitrogens with one attached hydrogen (secondary N) is 1. The Labute approximate surface area is 126 Å². The molecule has 1 aromatic heterocycles. The van der Waals surface area contributed by atoms with Gasteiger partial charge in [-0.1, -0.05) is 0 Å². The highest BCUT2D eigenvalue weighted by atomic mass is 32.1. The van der Waals surface area contributed by atoms with Gasteiger partial charge in [-0.2, -0.15) is 0 Å². The van der Waals surface area contributed by atoms with Gasteiger partial charge in [0, 0.05) is 22.2 Å². The van der Waals surface area contributed by atoms with Gasteiger partial charge in [-0.15, -0.1) is 11.3 Å². The first kappa shape index (κ1) is 17.0. The number of rotatable bonds is 7. The number of nitrogens with zero attached hydrogens (tertiary/aromatic N) is 1. The van der Waals surface area contributed by atoms with Crippen LogP contribution in [0.15, 0.2) is 12.1 Å². The normalized spacial score (nSPS) is 11.7. The molecule has 1 heterocycles. The second-order valence-electron chi connectivity index (χ2n) is 4.71. The van der Waals surface area contributed by atoms with Crippen LogP contribution in [-0.2, 0) is 16.0 Å². The summed E-state index contributed by atoms with van der Waals surface area (Å²) in [6.07, 6.45) is 0.609. The smallest absolute Gasteiger partial charge is 0.323 e. The minimum absolute atomic E-state index is 0.222. The van der Waals surface area contributed by atoms with Gasteiger partial charge in [0.05, 0.1) is 0 Å². The number of carbonyl (C=O) groups excluding carboxylic acids is 1. The Morgan fingerprint density at radius 3 is 2.24 bits per heavy atom. The second kappa shape index (κ2) is 7.63. The summed E-state index contributed by atoms with van der Waals surface area (Å²) >= 11 is 1.62. The molecule has 2 amide bonds. The molecule has 116 valence electrons. The molecule has 21 heavy (non-hydrogen) atoms. The fourth-order valence-electron chi connectivity index (χ4n) is 1.78.